The van der Waals surface area contributed by atoms with Gasteiger partial charge in [-0.05, 0) is 19.4 Å². The molecular formula is C12H17N3O3S. The van der Waals surface area contributed by atoms with Crippen LogP contribution in [0.3, 0.4) is 0 Å². The number of hydrogen-bond acceptors (Lipinski definition) is 5. The third-order valence-electron chi connectivity index (χ3n) is 2.94. The van der Waals surface area contributed by atoms with Crippen LogP contribution < -0.4 is 5.73 Å². The van der Waals surface area contributed by atoms with Gasteiger partial charge in [-0.1, -0.05) is 0 Å². The molecule has 0 aliphatic heterocycles. The van der Waals surface area contributed by atoms with E-state index in [-0.39, 0.29) is 24.9 Å². The smallest absolute Gasteiger partial charge is 0.305 e. The molecule has 1 fully saturated rings. The Hall–Kier alpha value is -1.47. The van der Waals surface area contributed by atoms with Crippen LogP contribution in [-0.4, -0.2) is 46.0 Å². The molecule has 104 valence electrons. The third kappa shape index (κ3) is 3.74. The Morgan fingerprint density at radius 2 is 2.26 bits per heavy atom. The summed E-state index contributed by atoms with van der Waals surface area (Å²) in [6.45, 7) is 0.759. The fraction of sp³-hybridized carbons (Fsp3) is 0.583. The average molecular weight is 283 g/mol. The minimum Gasteiger partial charge on any atom is -0.481 e. The van der Waals surface area contributed by atoms with Crippen LogP contribution in [0.2, 0.25) is 0 Å². The van der Waals surface area contributed by atoms with Crippen molar-refractivity contribution in [3.63, 3.8) is 0 Å². The summed E-state index contributed by atoms with van der Waals surface area (Å²) in [5.41, 5.74) is 5.86. The highest BCUT2D eigenvalue weighted by Crippen LogP contribution is 2.28. The van der Waals surface area contributed by atoms with E-state index in [1.807, 2.05) is 0 Å². The summed E-state index contributed by atoms with van der Waals surface area (Å²) >= 11 is 1.42. The molecule has 2 rings (SSSR count). The first-order valence-corrected chi connectivity index (χ1v) is 7.17. The Morgan fingerprint density at radius 1 is 1.53 bits per heavy atom. The Balaban J connectivity index is 2.03. The summed E-state index contributed by atoms with van der Waals surface area (Å²) in [5, 5.41) is 11.3. The maximum absolute atomic E-state index is 12.3. The molecule has 1 aliphatic rings. The first kappa shape index (κ1) is 14.0. The molecule has 0 aromatic carbocycles. The number of amides is 1. The van der Waals surface area contributed by atoms with Gasteiger partial charge in [-0.2, -0.15) is 0 Å². The maximum Gasteiger partial charge on any atom is 0.305 e. The molecule has 0 atom stereocenters. The summed E-state index contributed by atoms with van der Waals surface area (Å²) in [6.07, 6.45) is 2.54. The normalized spacial score (nSPS) is 14.4. The molecule has 0 unspecified atom stereocenters. The van der Waals surface area contributed by atoms with Crippen molar-refractivity contribution in [2.24, 2.45) is 5.73 Å². The van der Waals surface area contributed by atoms with Gasteiger partial charge in [0.05, 0.1) is 11.4 Å². The topological polar surface area (TPSA) is 96.5 Å². The van der Waals surface area contributed by atoms with Gasteiger partial charge in [0.25, 0.3) is 5.91 Å². The number of carboxylic acids is 1. The molecule has 1 saturated carbocycles. The van der Waals surface area contributed by atoms with Crippen molar-refractivity contribution in [2.75, 3.05) is 13.1 Å². The van der Waals surface area contributed by atoms with Gasteiger partial charge < -0.3 is 15.7 Å². The summed E-state index contributed by atoms with van der Waals surface area (Å²) in [7, 11) is 0. The van der Waals surface area contributed by atoms with E-state index in [9.17, 15) is 9.59 Å². The van der Waals surface area contributed by atoms with Gasteiger partial charge in [-0.25, -0.2) is 4.98 Å². The van der Waals surface area contributed by atoms with Gasteiger partial charge in [0, 0.05) is 24.4 Å². The molecule has 1 heterocycles. The fourth-order valence-electron chi connectivity index (χ4n) is 1.85. The predicted octanol–water partition coefficient (Wildman–Crippen LogP) is 0.724. The van der Waals surface area contributed by atoms with Gasteiger partial charge in [0.1, 0.15) is 5.69 Å². The molecule has 19 heavy (non-hydrogen) atoms. The molecule has 6 nitrogen and oxygen atoms in total. The van der Waals surface area contributed by atoms with E-state index in [4.69, 9.17) is 10.8 Å². The van der Waals surface area contributed by atoms with Crippen LogP contribution in [0.15, 0.2) is 5.38 Å². The number of nitrogens with two attached hydrogens (primary N) is 1. The van der Waals surface area contributed by atoms with Crippen LogP contribution in [0, 0.1) is 0 Å². The Morgan fingerprint density at radius 3 is 2.84 bits per heavy atom. The second kappa shape index (κ2) is 6.12. The number of carbonyl (C=O) groups excluding carboxylic acids is 1. The zero-order valence-corrected chi connectivity index (χ0v) is 11.4. The Kier molecular flexibility index (Phi) is 4.49. The summed E-state index contributed by atoms with van der Waals surface area (Å²) in [6, 6.07) is 0.187. The van der Waals surface area contributed by atoms with Gasteiger partial charge >= 0.3 is 5.97 Å². The van der Waals surface area contributed by atoms with Crippen LogP contribution in [-0.2, 0) is 11.2 Å². The standard InChI is InChI=1S/C12H17N3O3S/c13-5-3-10-14-9(7-19-10)12(18)15(8-1-2-8)6-4-11(16)17/h7-8H,1-6,13H2,(H,16,17). The van der Waals surface area contributed by atoms with E-state index in [2.05, 4.69) is 4.98 Å². The molecule has 1 amide bonds. The molecule has 0 spiro atoms. The van der Waals surface area contributed by atoms with Crippen LogP contribution in [0.4, 0.5) is 0 Å². The Labute approximate surface area is 115 Å². The van der Waals surface area contributed by atoms with E-state index in [0.29, 0.717) is 18.7 Å². The molecule has 0 radical (unpaired) electrons. The molecule has 1 aromatic rings. The van der Waals surface area contributed by atoms with Gasteiger partial charge in [-0.3, -0.25) is 9.59 Å². The zero-order chi connectivity index (χ0) is 13.8. The number of carbonyl (C=O) groups is 2. The lowest BCUT2D eigenvalue weighted by molar-refractivity contribution is -0.137. The second-order valence-electron chi connectivity index (χ2n) is 4.54. The van der Waals surface area contributed by atoms with Crippen LogP contribution in [0.25, 0.3) is 0 Å². The van der Waals surface area contributed by atoms with Crippen molar-refractivity contribution in [3.05, 3.63) is 16.1 Å². The zero-order valence-electron chi connectivity index (χ0n) is 10.5. The van der Waals surface area contributed by atoms with Crippen molar-refractivity contribution in [1.82, 2.24) is 9.88 Å². The average Bonchev–Trinajstić information content (AvgIpc) is 3.09. The largest absolute Gasteiger partial charge is 0.481 e. The van der Waals surface area contributed by atoms with Gasteiger partial charge in [0.2, 0.25) is 0 Å². The van der Waals surface area contributed by atoms with Crippen molar-refractivity contribution < 1.29 is 14.7 Å². The van der Waals surface area contributed by atoms with E-state index in [0.717, 1.165) is 17.8 Å². The third-order valence-corrected chi connectivity index (χ3v) is 3.85. The van der Waals surface area contributed by atoms with Gasteiger partial charge in [0.15, 0.2) is 0 Å². The number of aliphatic carboxylic acids is 1. The molecule has 7 heteroatoms. The quantitative estimate of drug-likeness (QED) is 0.768. The number of thiazole rings is 1. The van der Waals surface area contributed by atoms with E-state index >= 15 is 0 Å². The lowest BCUT2D eigenvalue weighted by Gasteiger charge is -2.20. The second-order valence-corrected chi connectivity index (χ2v) is 5.48. The van der Waals surface area contributed by atoms with E-state index < -0.39 is 5.97 Å². The van der Waals surface area contributed by atoms with Crippen molar-refractivity contribution >= 4 is 23.2 Å². The first-order valence-electron chi connectivity index (χ1n) is 6.29. The number of aromatic nitrogens is 1. The SMILES string of the molecule is NCCc1nc(C(=O)N(CCC(=O)O)C2CC2)cs1. The van der Waals surface area contributed by atoms with Gasteiger partial charge in [-0.15, -0.1) is 11.3 Å². The Bertz CT molecular complexity index is 471. The van der Waals surface area contributed by atoms with Crippen LogP contribution in [0.1, 0.15) is 34.8 Å². The van der Waals surface area contributed by atoms with E-state index in [1.54, 1.807) is 10.3 Å². The predicted molar refractivity (Wildman–Crippen MR) is 71.2 cm³/mol. The number of rotatable bonds is 7. The van der Waals surface area contributed by atoms with Crippen LogP contribution >= 0.6 is 11.3 Å². The highest BCUT2D eigenvalue weighted by molar-refractivity contribution is 7.09. The molecule has 0 bridgehead atoms. The van der Waals surface area contributed by atoms with Crippen molar-refractivity contribution in [3.8, 4) is 0 Å². The van der Waals surface area contributed by atoms with Crippen LogP contribution in [0.5, 0.6) is 0 Å². The van der Waals surface area contributed by atoms with E-state index in [1.165, 1.54) is 11.3 Å². The molecular weight excluding hydrogens is 266 g/mol. The van der Waals surface area contributed by atoms with Crippen molar-refractivity contribution in [2.45, 2.75) is 31.7 Å². The van der Waals surface area contributed by atoms with Crippen molar-refractivity contribution in [1.29, 1.82) is 0 Å². The number of hydrogen-bond donors (Lipinski definition) is 2. The molecule has 3 N–H and O–H groups in total. The maximum atomic E-state index is 12.3. The fourth-order valence-corrected chi connectivity index (χ4v) is 2.63. The lowest BCUT2D eigenvalue weighted by Crippen LogP contribution is -2.35. The number of carboxylic acid groups (broad SMARTS) is 1. The number of nitrogens with zero attached hydrogens (tertiary/aromatic N) is 2. The minimum absolute atomic E-state index is 0.0258. The monoisotopic (exact) mass is 283 g/mol. The minimum atomic E-state index is -0.888. The molecule has 1 aliphatic carbocycles. The summed E-state index contributed by atoms with van der Waals surface area (Å²) < 4.78 is 0. The first-order chi connectivity index (χ1) is 9.11. The summed E-state index contributed by atoms with van der Waals surface area (Å²) in [5.74, 6) is -1.05. The lowest BCUT2D eigenvalue weighted by atomic mass is 10.3. The highest BCUT2D eigenvalue weighted by atomic mass is 32.1. The molecule has 0 saturated heterocycles. The summed E-state index contributed by atoms with van der Waals surface area (Å²) in [4.78, 5) is 28.8. The highest BCUT2D eigenvalue weighted by Gasteiger charge is 2.34. The molecule has 1 aromatic heterocycles.